The molecule has 0 saturated carbocycles. The largest absolute Gasteiger partial charge is 0.497 e. The molecule has 8 nitrogen and oxygen atoms in total. The number of carbonyl (C=O) groups excluding carboxylic acids is 1. The highest BCUT2D eigenvalue weighted by Gasteiger charge is 2.32. The lowest BCUT2D eigenvalue weighted by Crippen LogP contribution is -2.32. The van der Waals surface area contributed by atoms with Crippen LogP contribution in [0.15, 0.2) is 30.3 Å². The lowest BCUT2D eigenvalue weighted by molar-refractivity contribution is 0.0941. The quantitative estimate of drug-likeness (QED) is 0.610. The van der Waals surface area contributed by atoms with Crippen molar-refractivity contribution in [2.75, 3.05) is 18.6 Å². The monoisotopic (exact) mass is 456 g/mol. The van der Waals surface area contributed by atoms with Gasteiger partial charge >= 0.3 is 0 Å². The molecule has 1 aliphatic heterocycles. The predicted molar refractivity (Wildman–Crippen MR) is 124 cm³/mol. The zero-order valence-electron chi connectivity index (χ0n) is 18.8. The number of nitrogens with zero attached hydrogens (tertiary/aromatic N) is 3. The normalized spacial score (nSPS) is 18.6. The molecule has 1 N–H and O–H groups in total. The maximum Gasteiger partial charge on any atom is 0.252 e. The minimum Gasteiger partial charge on any atom is -0.497 e. The highest BCUT2D eigenvalue weighted by atomic mass is 32.2. The van der Waals surface area contributed by atoms with E-state index in [0.717, 1.165) is 12.0 Å². The lowest BCUT2D eigenvalue weighted by Gasteiger charge is -2.14. The molecule has 2 aromatic heterocycles. The molecule has 9 heteroatoms. The number of hydrogen-bond acceptors (Lipinski definition) is 6. The molecule has 0 radical (unpaired) electrons. The summed E-state index contributed by atoms with van der Waals surface area (Å²) in [5.41, 5.74) is 3.07. The van der Waals surface area contributed by atoms with Crippen LogP contribution in [0.25, 0.3) is 22.3 Å². The Morgan fingerprint density at radius 1 is 1.34 bits per heavy atom. The molecule has 170 valence electrons. The van der Waals surface area contributed by atoms with E-state index in [4.69, 9.17) is 9.72 Å². The molecule has 4 rings (SSSR count). The molecule has 32 heavy (non-hydrogen) atoms. The summed E-state index contributed by atoms with van der Waals surface area (Å²) < 4.78 is 31.3. The van der Waals surface area contributed by atoms with E-state index in [1.165, 1.54) is 0 Å². The first-order valence-electron chi connectivity index (χ1n) is 10.8. The third-order valence-electron chi connectivity index (χ3n) is 5.99. The first-order valence-corrected chi connectivity index (χ1v) is 12.6. The van der Waals surface area contributed by atoms with Crippen LogP contribution in [0.2, 0.25) is 0 Å². The van der Waals surface area contributed by atoms with E-state index in [1.54, 1.807) is 17.9 Å². The second-order valence-corrected chi connectivity index (χ2v) is 10.6. The smallest absolute Gasteiger partial charge is 0.252 e. The van der Waals surface area contributed by atoms with Crippen molar-refractivity contribution < 1.29 is 17.9 Å². The van der Waals surface area contributed by atoms with Gasteiger partial charge in [0.2, 0.25) is 0 Å². The fourth-order valence-electron chi connectivity index (χ4n) is 4.05. The third kappa shape index (κ3) is 4.21. The Kier molecular flexibility index (Phi) is 5.94. The molecule has 1 fully saturated rings. The van der Waals surface area contributed by atoms with Gasteiger partial charge in [-0.25, -0.2) is 18.1 Å². The van der Waals surface area contributed by atoms with E-state index in [9.17, 15) is 13.2 Å². The SMILES string of the molecule is CCC(C)NC(=O)c1cc(-c2cccc(OC)c2)nc2c1c(C)nn2C1CCS(=O)(=O)C1. The van der Waals surface area contributed by atoms with E-state index in [-0.39, 0.29) is 29.5 Å². The summed E-state index contributed by atoms with van der Waals surface area (Å²) in [5.74, 6) is 0.650. The molecule has 3 heterocycles. The van der Waals surface area contributed by atoms with Crippen LogP contribution in [0.5, 0.6) is 5.75 Å². The van der Waals surface area contributed by atoms with E-state index in [2.05, 4.69) is 10.4 Å². The number of carbonyl (C=O) groups is 1. The second kappa shape index (κ2) is 8.54. The minimum atomic E-state index is -3.10. The van der Waals surface area contributed by atoms with Crippen LogP contribution < -0.4 is 10.1 Å². The molecule has 2 atom stereocenters. The Labute approximate surface area is 187 Å². The number of hydrogen-bond donors (Lipinski definition) is 1. The van der Waals surface area contributed by atoms with Crippen molar-refractivity contribution in [3.63, 3.8) is 0 Å². The summed E-state index contributed by atoms with van der Waals surface area (Å²) in [6.45, 7) is 5.80. The average Bonchev–Trinajstić information content (AvgIpc) is 3.31. The number of pyridine rings is 1. The predicted octanol–water partition coefficient (Wildman–Crippen LogP) is 3.30. The van der Waals surface area contributed by atoms with E-state index in [0.29, 0.717) is 40.2 Å². The number of aryl methyl sites for hydroxylation is 1. The standard InChI is InChI=1S/C23H28N4O4S/c1-5-14(2)24-23(28)19-12-20(16-7-6-8-18(11-16)31-4)25-22-21(19)15(3)26-27(22)17-9-10-32(29,30)13-17/h6-8,11-12,14,17H,5,9-10,13H2,1-4H3,(H,24,28). The van der Waals surface area contributed by atoms with Crippen LogP contribution >= 0.6 is 0 Å². The van der Waals surface area contributed by atoms with Crippen molar-refractivity contribution in [2.24, 2.45) is 0 Å². The van der Waals surface area contributed by atoms with Gasteiger partial charge in [-0.05, 0) is 44.9 Å². The summed E-state index contributed by atoms with van der Waals surface area (Å²) in [7, 11) is -1.51. The molecular weight excluding hydrogens is 428 g/mol. The third-order valence-corrected chi connectivity index (χ3v) is 7.74. The van der Waals surface area contributed by atoms with Crippen molar-refractivity contribution in [3.8, 4) is 17.0 Å². The Morgan fingerprint density at radius 3 is 2.78 bits per heavy atom. The summed E-state index contributed by atoms with van der Waals surface area (Å²) in [5, 5.41) is 8.32. The number of aromatic nitrogens is 3. The van der Waals surface area contributed by atoms with Gasteiger partial charge in [0.1, 0.15) is 5.75 Å². The number of ether oxygens (including phenoxy) is 1. The molecular formula is C23H28N4O4S. The first kappa shape index (κ1) is 22.3. The van der Waals surface area contributed by atoms with Crippen LogP contribution in [0.3, 0.4) is 0 Å². The van der Waals surface area contributed by atoms with Crippen LogP contribution in [0.4, 0.5) is 0 Å². The fourth-order valence-corrected chi connectivity index (χ4v) is 5.74. The summed E-state index contributed by atoms with van der Waals surface area (Å²) >= 11 is 0. The van der Waals surface area contributed by atoms with E-state index in [1.807, 2.05) is 45.0 Å². The highest BCUT2D eigenvalue weighted by Crippen LogP contribution is 2.32. The minimum absolute atomic E-state index is 0.0151. The topological polar surface area (TPSA) is 103 Å². The Morgan fingerprint density at radius 2 is 2.12 bits per heavy atom. The number of methoxy groups -OCH3 is 1. The van der Waals surface area contributed by atoms with Gasteiger partial charge in [0.25, 0.3) is 5.91 Å². The van der Waals surface area contributed by atoms with Crippen LogP contribution in [-0.2, 0) is 9.84 Å². The number of fused-ring (bicyclic) bond motifs is 1. The number of amides is 1. The highest BCUT2D eigenvalue weighted by molar-refractivity contribution is 7.91. The molecule has 0 aliphatic carbocycles. The van der Waals surface area contributed by atoms with Crippen molar-refractivity contribution in [1.29, 1.82) is 0 Å². The first-order chi connectivity index (χ1) is 15.2. The zero-order valence-corrected chi connectivity index (χ0v) is 19.6. The van der Waals surface area contributed by atoms with E-state index >= 15 is 0 Å². The fraction of sp³-hybridized carbons (Fsp3) is 0.435. The maximum absolute atomic E-state index is 13.2. The van der Waals surface area contributed by atoms with Gasteiger partial charge in [-0.15, -0.1) is 0 Å². The number of sulfone groups is 1. The van der Waals surface area contributed by atoms with Crippen molar-refractivity contribution in [2.45, 2.75) is 45.7 Å². The van der Waals surface area contributed by atoms with Crippen molar-refractivity contribution in [1.82, 2.24) is 20.1 Å². The van der Waals surface area contributed by atoms with Gasteiger partial charge in [-0.3, -0.25) is 4.79 Å². The van der Waals surface area contributed by atoms with Gasteiger partial charge in [-0.1, -0.05) is 19.1 Å². The average molecular weight is 457 g/mol. The summed E-state index contributed by atoms with van der Waals surface area (Å²) in [6.07, 6.45) is 1.29. The molecule has 1 amide bonds. The van der Waals surface area contributed by atoms with Crippen LogP contribution in [0.1, 0.15) is 48.8 Å². The van der Waals surface area contributed by atoms with Crippen molar-refractivity contribution >= 4 is 26.8 Å². The zero-order chi connectivity index (χ0) is 23.0. The number of benzene rings is 1. The molecule has 2 unspecified atom stereocenters. The molecule has 3 aromatic rings. The Bertz CT molecular complexity index is 1280. The second-order valence-electron chi connectivity index (χ2n) is 8.36. The van der Waals surface area contributed by atoms with Gasteiger partial charge in [0.15, 0.2) is 15.5 Å². The molecule has 0 bridgehead atoms. The Balaban J connectivity index is 1.93. The van der Waals surface area contributed by atoms with Gasteiger partial charge in [0, 0.05) is 11.6 Å². The molecule has 1 aliphatic rings. The van der Waals surface area contributed by atoms with Crippen molar-refractivity contribution in [3.05, 3.63) is 41.6 Å². The van der Waals surface area contributed by atoms with Gasteiger partial charge in [0.05, 0.1) is 47.0 Å². The maximum atomic E-state index is 13.2. The summed E-state index contributed by atoms with van der Waals surface area (Å²) in [4.78, 5) is 18.1. The molecule has 0 spiro atoms. The number of rotatable bonds is 6. The van der Waals surface area contributed by atoms with Crippen LogP contribution in [-0.4, -0.2) is 53.7 Å². The van der Waals surface area contributed by atoms with Gasteiger partial charge < -0.3 is 10.1 Å². The van der Waals surface area contributed by atoms with Gasteiger partial charge in [-0.2, -0.15) is 5.10 Å². The van der Waals surface area contributed by atoms with Crippen LogP contribution in [0, 0.1) is 6.92 Å². The molecule has 1 saturated heterocycles. The number of nitrogens with one attached hydrogen (secondary N) is 1. The van der Waals surface area contributed by atoms with E-state index < -0.39 is 9.84 Å². The molecule has 1 aromatic carbocycles. The lowest BCUT2D eigenvalue weighted by atomic mass is 10.0. The summed E-state index contributed by atoms with van der Waals surface area (Å²) in [6, 6.07) is 8.97. The Hall–Kier alpha value is -2.94.